The number of benzene rings is 1. The Hall–Kier alpha value is -2.97. The first-order chi connectivity index (χ1) is 19.9. The highest BCUT2D eigenvalue weighted by Gasteiger charge is 2.75. The van der Waals surface area contributed by atoms with Crippen molar-refractivity contribution in [1.29, 1.82) is 0 Å². The Morgan fingerprint density at radius 1 is 1.00 bits per heavy atom. The van der Waals surface area contributed by atoms with E-state index >= 15 is 0 Å². The van der Waals surface area contributed by atoms with Crippen molar-refractivity contribution in [2.45, 2.75) is 88.5 Å². The zero-order chi connectivity index (χ0) is 29.0. The van der Waals surface area contributed by atoms with E-state index in [0.717, 1.165) is 44.1 Å². The van der Waals surface area contributed by atoms with E-state index in [1.54, 1.807) is 9.80 Å². The van der Waals surface area contributed by atoms with E-state index < -0.39 is 41.1 Å². The van der Waals surface area contributed by atoms with Crippen LogP contribution in [0, 0.1) is 11.8 Å². The van der Waals surface area contributed by atoms with Crippen LogP contribution in [0.3, 0.4) is 0 Å². The zero-order valence-electron chi connectivity index (χ0n) is 24.4. The molecule has 5 rings (SSSR count). The van der Waals surface area contributed by atoms with Gasteiger partial charge in [0, 0.05) is 13.1 Å². The Morgan fingerprint density at radius 2 is 1.80 bits per heavy atom. The Morgan fingerprint density at radius 3 is 2.54 bits per heavy atom. The second-order valence-electron chi connectivity index (χ2n) is 11.9. The first-order valence-corrected chi connectivity index (χ1v) is 15.4. The highest BCUT2D eigenvalue weighted by atomic mass is 16.6. The highest BCUT2D eigenvalue weighted by molar-refractivity contribution is 5.99. The molecule has 0 saturated carbocycles. The SMILES string of the molecule is CCCCCN1CC=C[C@]23O[C@@]4(CC)/C=C\CCCCOC(=O)[C@H]4[C@H]2C(=O)N([C@@H](CO)Cc2ccccc2)C3C1=O. The molecule has 1 N–H and O–H groups in total. The van der Waals surface area contributed by atoms with Crippen LogP contribution < -0.4 is 0 Å². The Kier molecular flexibility index (Phi) is 9.00. The van der Waals surface area contributed by atoms with E-state index in [9.17, 15) is 19.5 Å². The number of ether oxygens (including phenoxy) is 2. The van der Waals surface area contributed by atoms with Crippen LogP contribution in [0.15, 0.2) is 54.6 Å². The van der Waals surface area contributed by atoms with Crippen molar-refractivity contribution in [3.63, 3.8) is 0 Å². The van der Waals surface area contributed by atoms with Gasteiger partial charge in [-0.25, -0.2) is 0 Å². The minimum Gasteiger partial charge on any atom is -0.465 e. The van der Waals surface area contributed by atoms with Gasteiger partial charge in [0.25, 0.3) is 0 Å². The van der Waals surface area contributed by atoms with Gasteiger partial charge >= 0.3 is 5.97 Å². The average Bonchev–Trinajstić information content (AvgIpc) is 3.35. The topological polar surface area (TPSA) is 96.4 Å². The molecule has 41 heavy (non-hydrogen) atoms. The van der Waals surface area contributed by atoms with Gasteiger partial charge in [-0.15, -0.1) is 0 Å². The van der Waals surface area contributed by atoms with Crippen LogP contribution in [0.25, 0.3) is 0 Å². The molecule has 0 bridgehead atoms. The fourth-order valence-electron chi connectivity index (χ4n) is 7.31. The van der Waals surface area contributed by atoms with Gasteiger partial charge in [0.05, 0.1) is 25.2 Å². The maximum absolute atomic E-state index is 14.7. The lowest BCUT2D eigenvalue weighted by molar-refractivity contribution is -0.163. The van der Waals surface area contributed by atoms with Gasteiger partial charge in [0.15, 0.2) is 0 Å². The lowest BCUT2D eigenvalue weighted by Crippen LogP contribution is -2.59. The molecule has 2 amide bonds. The second kappa shape index (κ2) is 12.5. The third-order valence-electron chi connectivity index (χ3n) is 9.35. The number of likely N-dealkylation sites (tertiary alicyclic amines) is 1. The minimum atomic E-state index is -1.35. The summed E-state index contributed by atoms with van der Waals surface area (Å²) in [6.07, 6.45) is 14.0. The number of aliphatic hydroxyl groups is 1. The summed E-state index contributed by atoms with van der Waals surface area (Å²) in [7, 11) is 0. The fraction of sp³-hybridized carbons (Fsp3) is 0.606. The third kappa shape index (κ3) is 5.25. The minimum absolute atomic E-state index is 0.194. The molecule has 1 aromatic carbocycles. The summed E-state index contributed by atoms with van der Waals surface area (Å²) < 4.78 is 12.8. The maximum Gasteiger partial charge on any atom is 0.313 e. The lowest BCUT2D eigenvalue weighted by Gasteiger charge is -2.41. The van der Waals surface area contributed by atoms with Crippen molar-refractivity contribution >= 4 is 17.8 Å². The number of unbranched alkanes of at least 4 members (excludes halogenated alkanes) is 2. The second-order valence-corrected chi connectivity index (χ2v) is 11.9. The number of nitrogens with zero attached hydrogens (tertiary/aromatic N) is 2. The molecule has 4 aliphatic heterocycles. The van der Waals surface area contributed by atoms with Gasteiger partial charge in [0.1, 0.15) is 23.2 Å². The molecule has 222 valence electrons. The van der Waals surface area contributed by atoms with Crippen molar-refractivity contribution in [2.75, 3.05) is 26.3 Å². The number of carbonyl (C=O) groups is 3. The predicted molar refractivity (Wildman–Crippen MR) is 155 cm³/mol. The summed E-state index contributed by atoms with van der Waals surface area (Å²) in [6.45, 7) is 5.03. The zero-order valence-corrected chi connectivity index (χ0v) is 24.4. The molecular weight excluding hydrogens is 520 g/mol. The number of rotatable bonds is 9. The number of allylic oxidation sites excluding steroid dienone is 1. The van der Waals surface area contributed by atoms with E-state index in [4.69, 9.17) is 9.47 Å². The third-order valence-corrected chi connectivity index (χ3v) is 9.35. The highest BCUT2D eigenvalue weighted by Crippen LogP contribution is 2.58. The number of cyclic esters (lactones) is 1. The van der Waals surface area contributed by atoms with E-state index in [-0.39, 0.29) is 25.0 Å². The van der Waals surface area contributed by atoms with Crippen molar-refractivity contribution in [2.24, 2.45) is 11.8 Å². The predicted octanol–water partition coefficient (Wildman–Crippen LogP) is 3.82. The van der Waals surface area contributed by atoms with Crippen LogP contribution in [0.2, 0.25) is 0 Å². The van der Waals surface area contributed by atoms with Gasteiger partial charge in [-0.3, -0.25) is 14.4 Å². The molecule has 8 heteroatoms. The Labute approximate surface area is 243 Å². The van der Waals surface area contributed by atoms with Crippen LogP contribution in [0.5, 0.6) is 0 Å². The molecule has 6 atom stereocenters. The van der Waals surface area contributed by atoms with Crippen LogP contribution in [0.1, 0.15) is 64.4 Å². The number of fused-ring (bicyclic) bond motifs is 2. The number of aliphatic hydroxyl groups excluding tert-OH is 1. The molecule has 4 aliphatic rings. The Balaban J connectivity index is 1.63. The summed E-state index contributed by atoms with van der Waals surface area (Å²) in [5.74, 6) is -2.82. The number of esters is 1. The summed E-state index contributed by atoms with van der Waals surface area (Å²) in [5.41, 5.74) is -1.47. The van der Waals surface area contributed by atoms with E-state index in [0.29, 0.717) is 25.9 Å². The summed E-state index contributed by atoms with van der Waals surface area (Å²) in [4.78, 5) is 46.3. The molecule has 1 unspecified atom stereocenters. The number of hydrogen-bond donors (Lipinski definition) is 1. The van der Waals surface area contributed by atoms with Gasteiger partial charge < -0.3 is 24.4 Å². The van der Waals surface area contributed by atoms with Gasteiger partial charge in [-0.2, -0.15) is 0 Å². The monoisotopic (exact) mass is 564 g/mol. The number of carbonyl (C=O) groups excluding carboxylic acids is 3. The maximum atomic E-state index is 14.7. The van der Waals surface area contributed by atoms with Crippen LogP contribution in [-0.2, 0) is 30.3 Å². The summed E-state index contributed by atoms with van der Waals surface area (Å²) in [5, 5.41) is 10.7. The van der Waals surface area contributed by atoms with Crippen LogP contribution in [-0.4, -0.2) is 82.3 Å². The largest absolute Gasteiger partial charge is 0.465 e. The van der Waals surface area contributed by atoms with Crippen molar-refractivity contribution in [3.8, 4) is 0 Å². The molecule has 0 radical (unpaired) electrons. The van der Waals surface area contributed by atoms with Gasteiger partial charge in [0.2, 0.25) is 11.8 Å². The molecular formula is C33H44N2O6. The van der Waals surface area contributed by atoms with Crippen molar-refractivity contribution in [3.05, 3.63) is 60.2 Å². The first kappa shape index (κ1) is 29.5. The van der Waals surface area contributed by atoms with Crippen LogP contribution in [0.4, 0.5) is 0 Å². The van der Waals surface area contributed by atoms with E-state index in [2.05, 4.69) is 13.0 Å². The molecule has 0 aliphatic carbocycles. The smallest absolute Gasteiger partial charge is 0.313 e. The molecule has 1 spiro atoms. The fourth-order valence-corrected chi connectivity index (χ4v) is 7.31. The Bertz CT molecular complexity index is 1170. The lowest BCUT2D eigenvalue weighted by atomic mass is 9.73. The van der Waals surface area contributed by atoms with Gasteiger partial charge in [-0.1, -0.05) is 81.3 Å². The van der Waals surface area contributed by atoms with Crippen molar-refractivity contribution < 1.29 is 29.0 Å². The van der Waals surface area contributed by atoms with Crippen LogP contribution >= 0.6 is 0 Å². The van der Waals surface area contributed by atoms with Crippen molar-refractivity contribution in [1.82, 2.24) is 9.80 Å². The molecule has 2 saturated heterocycles. The standard InChI is InChI=1S/C33H44N2O6/c1-3-5-12-19-34-20-14-18-33-26(27-31(39)40-21-13-7-6-11-17-32(27,4-2)41-33)29(37)35(28(33)30(34)38)25(23-36)22-24-15-9-8-10-16-24/h8-11,14-18,25-28,36H,3-7,12-13,19-23H2,1-2H3/b17-11-/t25-,26+,27-,28?,32+,33+/m1/s1. The summed E-state index contributed by atoms with van der Waals surface area (Å²) in [6, 6.07) is 8.01. The summed E-state index contributed by atoms with van der Waals surface area (Å²) >= 11 is 0. The number of amides is 2. The molecule has 4 heterocycles. The molecule has 0 aromatic heterocycles. The quantitative estimate of drug-likeness (QED) is 0.278. The van der Waals surface area contributed by atoms with E-state index in [1.165, 1.54) is 0 Å². The molecule has 2 fully saturated rings. The molecule has 8 nitrogen and oxygen atoms in total. The first-order valence-electron chi connectivity index (χ1n) is 15.4. The average molecular weight is 565 g/mol. The van der Waals surface area contributed by atoms with Gasteiger partial charge in [-0.05, 0) is 44.1 Å². The van der Waals surface area contributed by atoms with E-state index in [1.807, 2.05) is 55.5 Å². The number of hydrogen-bond acceptors (Lipinski definition) is 6. The molecule has 1 aromatic rings. The normalized spacial score (nSPS) is 33.0.